The van der Waals surface area contributed by atoms with Crippen molar-refractivity contribution >= 4 is 16.9 Å². The van der Waals surface area contributed by atoms with E-state index in [2.05, 4.69) is 17.1 Å². The number of likely N-dealkylation sites (tertiary alicyclic amines) is 1. The third-order valence-corrected chi connectivity index (χ3v) is 6.87. The minimum atomic E-state index is -0.0294. The van der Waals surface area contributed by atoms with E-state index in [1.807, 2.05) is 52.0 Å². The molecule has 32 heavy (non-hydrogen) atoms. The zero-order valence-corrected chi connectivity index (χ0v) is 18.1. The Hall–Kier alpha value is -3.41. The highest BCUT2D eigenvalue weighted by Crippen LogP contribution is 2.34. The second-order valence-corrected chi connectivity index (χ2v) is 8.88. The SMILES string of the molecule is O=C(c1nn(-c2ccccc2)c2c1CCCCC2)N1CCCC1c1nc2ccccc2[nH]1. The summed E-state index contributed by atoms with van der Waals surface area (Å²) in [5.74, 6) is 0.923. The first-order valence-electron chi connectivity index (χ1n) is 11.7. The van der Waals surface area contributed by atoms with E-state index in [1.165, 1.54) is 12.1 Å². The number of nitrogens with zero attached hydrogens (tertiary/aromatic N) is 4. The molecule has 6 heteroatoms. The van der Waals surface area contributed by atoms with Crippen LogP contribution in [0.5, 0.6) is 0 Å². The van der Waals surface area contributed by atoms with E-state index in [0.717, 1.165) is 73.2 Å². The summed E-state index contributed by atoms with van der Waals surface area (Å²) in [6, 6.07) is 18.2. The Labute approximate surface area is 187 Å². The summed E-state index contributed by atoms with van der Waals surface area (Å²) in [5.41, 5.74) is 5.98. The molecule has 1 aliphatic heterocycles. The number of rotatable bonds is 3. The molecule has 1 aliphatic carbocycles. The molecule has 6 rings (SSSR count). The van der Waals surface area contributed by atoms with Crippen molar-refractivity contribution in [1.82, 2.24) is 24.6 Å². The van der Waals surface area contributed by atoms with Crippen LogP contribution in [0.15, 0.2) is 54.6 Å². The lowest BCUT2D eigenvalue weighted by Gasteiger charge is -2.22. The van der Waals surface area contributed by atoms with Gasteiger partial charge in [-0.1, -0.05) is 36.8 Å². The Morgan fingerprint density at radius 1 is 0.938 bits per heavy atom. The van der Waals surface area contributed by atoms with Gasteiger partial charge in [-0.3, -0.25) is 4.79 Å². The third-order valence-electron chi connectivity index (χ3n) is 6.87. The first-order chi connectivity index (χ1) is 15.8. The van der Waals surface area contributed by atoms with Crippen molar-refractivity contribution in [2.45, 2.75) is 51.0 Å². The van der Waals surface area contributed by atoms with Gasteiger partial charge in [-0.15, -0.1) is 0 Å². The highest BCUT2D eigenvalue weighted by atomic mass is 16.2. The molecular weight excluding hydrogens is 398 g/mol. The monoisotopic (exact) mass is 425 g/mol. The van der Waals surface area contributed by atoms with Gasteiger partial charge in [0, 0.05) is 17.8 Å². The number of H-pyrrole nitrogens is 1. The van der Waals surface area contributed by atoms with E-state index < -0.39 is 0 Å². The molecule has 1 fully saturated rings. The fraction of sp³-hybridized carbons (Fsp3) is 0.346. The topological polar surface area (TPSA) is 66.8 Å². The molecule has 3 heterocycles. The molecule has 162 valence electrons. The fourth-order valence-corrected chi connectivity index (χ4v) is 5.29. The summed E-state index contributed by atoms with van der Waals surface area (Å²) in [6.45, 7) is 0.744. The second-order valence-electron chi connectivity index (χ2n) is 8.88. The maximum Gasteiger partial charge on any atom is 0.275 e. The summed E-state index contributed by atoms with van der Waals surface area (Å²) in [6.07, 6.45) is 7.25. The fourth-order valence-electron chi connectivity index (χ4n) is 5.29. The van der Waals surface area contributed by atoms with Crippen molar-refractivity contribution in [3.05, 3.63) is 77.4 Å². The molecule has 1 saturated heterocycles. The van der Waals surface area contributed by atoms with Crippen LogP contribution >= 0.6 is 0 Å². The van der Waals surface area contributed by atoms with Crippen LogP contribution in [0.3, 0.4) is 0 Å². The van der Waals surface area contributed by atoms with E-state index in [4.69, 9.17) is 10.1 Å². The molecule has 1 amide bonds. The Balaban J connectivity index is 1.39. The normalized spacial score (nSPS) is 18.6. The van der Waals surface area contributed by atoms with E-state index in [1.54, 1.807) is 0 Å². The highest BCUT2D eigenvalue weighted by Gasteiger charge is 2.36. The van der Waals surface area contributed by atoms with Gasteiger partial charge in [-0.05, 0) is 62.8 Å². The van der Waals surface area contributed by atoms with Crippen molar-refractivity contribution in [3.8, 4) is 5.69 Å². The number of imidazole rings is 1. The van der Waals surface area contributed by atoms with Gasteiger partial charge in [-0.2, -0.15) is 5.10 Å². The Morgan fingerprint density at radius 2 is 1.75 bits per heavy atom. The predicted molar refractivity (Wildman–Crippen MR) is 124 cm³/mol. The summed E-state index contributed by atoms with van der Waals surface area (Å²) in [5, 5.41) is 4.91. The van der Waals surface area contributed by atoms with Crippen molar-refractivity contribution in [3.63, 3.8) is 0 Å². The number of carbonyl (C=O) groups excluding carboxylic acids is 1. The molecular formula is C26H27N5O. The van der Waals surface area contributed by atoms with Gasteiger partial charge >= 0.3 is 0 Å². The molecule has 4 aromatic rings. The lowest BCUT2D eigenvalue weighted by Crippen LogP contribution is -2.32. The number of para-hydroxylation sites is 3. The first-order valence-corrected chi connectivity index (χ1v) is 11.7. The minimum Gasteiger partial charge on any atom is -0.340 e. The minimum absolute atomic E-state index is 0.0294. The van der Waals surface area contributed by atoms with Crippen molar-refractivity contribution in [1.29, 1.82) is 0 Å². The molecule has 0 saturated carbocycles. The lowest BCUT2D eigenvalue weighted by molar-refractivity contribution is 0.0723. The number of aromatic nitrogens is 4. The first kappa shape index (κ1) is 19.3. The smallest absolute Gasteiger partial charge is 0.275 e. The van der Waals surface area contributed by atoms with Crippen LogP contribution in [-0.4, -0.2) is 37.1 Å². The molecule has 2 aliphatic rings. The zero-order valence-electron chi connectivity index (χ0n) is 18.1. The Morgan fingerprint density at radius 3 is 2.62 bits per heavy atom. The molecule has 0 spiro atoms. The quantitative estimate of drug-likeness (QED) is 0.470. The number of amides is 1. The molecule has 2 aromatic carbocycles. The number of hydrogen-bond acceptors (Lipinski definition) is 3. The van der Waals surface area contributed by atoms with Gasteiger partial charge in [0.2, 0.25) is 0 Å². The van der Waals surface area contributed by atoms with Crippen LogP contribution in [-0.2, 0) is 12.8 Å². The van der Waals surface area contributed by atoms with Gasteiger partial charge in [0.25, 0.3) is 5.91 Å². The summed E-state index contributed by atoms with van der Waals surface area (Å²) in [4.78, 5) is 24.1. The zero-order chi connectivity index (χ0) is 21.5. The van der Waals surface area contributed by atoms with Gasteiger partial charge in [0.15, 0.2) is 5.69 Å². The highest BCUT2D eigenvalue weighted by molar-refractivity contribution is 5.94. The van der Waals surface area contributed by atoms with E-state index >= 15 is 0 Å². The van der Waals surface area contributed by atoms with Crippen molar-refractivity contribution < 1.29 is 4.79 Å². The van der Waals surface area contributed by atoms with Crippen LogP contribution in [0.4, 0.5) is 0 Å². The second kappa shape index (κ2) is 7.93. The molecule has 1 atom stereocenters. The number of nitrogens with one attached hydrogen (secondary N) is 1. The number of aromatic amines is 1. The molecule has 1 N–H and O–H groups in total. The molecule has 0 radical (unpaired) electrons. The van der Waals surface area contributed by atoms with E-state index in [-0.39, 0.29) is 11.9 Å². The van der Waals surface area contributed by atoms with E-state index in [0.29, 0.717) is 5.69 Å². The lowest BCUT2D eigenvalue weighted by atomic mass is 10.1. The van der Waals surface area contributed by atoms with Crippen LogP contribution in [0.2, 0.25) is 0 Å². The summed E-state index contributed by atoms with van der Waals surface area (Å²) >= 11 is 0. The maximum absolute atomic E-state index is 13.9. The summed E-state index contributed by atoms with van der Waals surface area (Å²) in [7, 11) is 0. The standard InChI is InChI=1S/C26H27N5O/c32-26(30-17-9-16-23(30)25-27-20-13-7-8-14-21(20)28-25)24-19-12-5-2-6-15-22(19)31(29-24)18-10-3-1-4-11-18/h1,3-4,7-8,10-11,13-14,23H,2,5-6,9,12,15-17H2,(H,27,28). The predicted octanol–water partition coefficient (Wildman–Crippen LogP) is 4.99. The molecule has 2 aromatic heterocycles. The van der Waals surface area contributed by atoms with Crippen LogP contribution in [0, 0.1) is 0 Å². The molecule has 0 bridgehead atoms. The maximum atomic E-state index is 13.9. The number of benzene rings is 2. The van der Waals surface area contributed by atoms with Crippen LogP contribution in [0.25, 0.3) is 16.7 Å². The third kappa shape index (κ3) is 3.22. The van der Waals surface area contributed by atoms with Crippen LogP contribution in [0.1, 0.15) is 65.7 Å². The van der Waals surface area contributed by atoms with Gasteiger partial charge in [-0.25, -0.2) is 9.67 Å². The summed E-state index contributed by atoms with van der Waals surface area (Å²) < 4.78 is 2.01. The molecule has 1 unspecified atom stereocenters. The van der Waals surface area contributed by atoms with E-state index in [9.17, 15) is 4.79 Å². The van der Waals surface area contributed by atoms with Gasteiger partial charge < -0.3 is 9.88 Å². The Bertz CT molecular complexity index is 1240. The van der Waals surface area contributed by atoms with Gasteiger partial charge in [0.05, 0.1) is 22.8 Å². The van der Waals surface area contributed by atoms with Crippen LogP contribution < -0.4 is 0 Å². The van der Waals surface area contributed by atoms with Crippen molar-refractivity contribution in [2.24, 2.45) is 0 Å². The number of hydrogen-bond donors (Lipinski definition) is 1. The Kier molecular flexibility index (Phi) is 4.78. The van der Waals surface area contributed by atoms with Crippen molar-refractivity contribution in [2.75, 3.05) is 6.54 Å². The average molecular weight is 426 g/mol. The number of fused-ring (bicyclic) bond motifs is 2. The number of carbonyl (C=O) groups is 1. The largest absolute Gasteiger partial charge is 0.340 e. The van der Waals surface area contributed by atoms with Gasteiger partial charge in [0.1, 0.15) is 5.82 Å². The average Bonchev–Trinajstić information content (AvgIpc) is 3.52. The molecule has 6 nitrogen and oxygen atoms in total.